The summed E-state index contributed by atoms with van der Waals surface area (Å²) in [4.78, 5) is 0. The summed E-state index contributed by atoms with van der Waals surface area (Å²) in [6.07, 6.45) is 0.945. The Morgan fingerprint density at radius 2 is 1.52 bits per heavy atom. The molecule has 0 saturated heterocycles. The van der Waals surface area contributed by atoms with Crippen LogP contribution in [0.4, 0.5) is 0 Å². The van der Waals surface area contributed by atoms with Crippen molar-refractivity contribution in [1.29, 1.82) is 0 Å². The Hall–Kier alpha value is -1.71. The van der Waals surface area contributed by atoms with Crippen LogP contribution in [0.15, 0.2) is 42.5 Å². The van der Waals surface area contributed by atoms with Crippen LogP contribution in [0.1, 0.15) is 25.0 Å². The van der Waals surface area contributed by atoms with Gasteiger partial charge in [-0.1, -0.05) is 29.8 Å². The molecule has 3 nitrogen and oxygen atoms in total. The quantitative estimate of drug-likeness (QED) is 0.687. The zero-order chi connectivity index (χ0) is 16.5. The lowest BCUT2D eigenvalue weighted by Crippen LogP contribution is -2.16. The molecule has 124 valence electrons. The van der Waals surface area contributed by atoms with Crippen LogP contribution in [-0.2, 0) is 13.0 Å². The minimum atomic E-state index is 0.637. The molecule has 0 fully saturated rings. The maximum absolute atomic E-state index is 5.89. The highest BCUT2D eigenvalue weighted by molar-refractivity contribution is 6.30. The summed E-state index contributed by atoms with van der Waals surface area (Å²) in [6.45, 7) is 6.98. The molecule has 0 saturated carbocycles. The van der Waals surface area contributed by atoms with Crippen molar-refractivity contribution in [2.45, 2.75) is 26.8 Å². The molecule has 0 radical (unpaired) electrons. The van der Waals surface area contributed by atoms with Crippen molar-refractivity contribution in [2.75, 3.05) is 19.8 Å². The fourth-order valence-electron chi connectivity index (χ4n) is 2.32. The smallest absolute Gasteiger partial charge is 0.161 e. The third-order valence-corrected chi connectivity index (χ3v) is 3.69. The molecule has 2 aromatic carbocycles. The summed E-state index contributed by atoms with van der Waals surface area (Å²) in [6, 6.07) is 14.1. The predicted octanol–water partition coefficient (Wildman–Crippen LogP) is 4.47. The van der Waals surface area contributed by atoms with E-state index in [1.54, 1.807) is 0 Å². The van der Waals surface area contributed by atoms with Gasteiger partial charge in [0.15, 0.2) is 11.5 Å². The van der Waals surface area contributed by atoms with Crippen LogP contribution >= 0.6 is 11.6 Å². The molecule has 0 atom stereocenters. The number of hydrogen-bond acceptors (Lipinski definition) is 3. The number of hydrogen-bond donors (Lipinski definition) is 1. The standard InChI is InChI=1S/C19H24ClNO2/c1-3-22-18-10-7-15(13-19(18)23-4-2)11-12-21-14-16-5-8-17(20)9-6-16/h5-10,13,21H,3-4,11-12,14H2,1-2H3. The van der Waals surface area contributed by atoms with Crippen molar-refractivity contribution in [2.24, 2.45) is 0 Å². The molecule has 0 bridgehead atoms. The van der Waals surface area contributed by atoms with Crippen molar-refractivity contribution in [3.63, 3.8) is 0 Å². The van der Waals surface area contributed by atoms with Crippen molar-refractivity contribution < 1.29 is 9.47 Å². The minimum absolute atomic E-state index is 0.637. The topological polar surface area (TPSA) is 30.5 Å². The lowest BCUT2D eigenvalue weighted by molar-refractivity contribution is 0.287. The molecule has 0 aromatic heterocycles. The fourth-order valence-corrected chi connectivity index (χ4v) is 2.44. The van der Waals surface area contributed by atoms with E-state index in [-0.39, 0.29) is 0 Å². The van der Waals surface area contributed by atoms with Crippen LogP contribution in [0.5, 0.6) is 11.5 Å². The summed E-state index contributed by atoms with van der Waals surface area (Å²) < 4.78 is 11.2. The van der Waals surface area contributed by atoms with E-state index in [9.17, 15) is 0 Å². The van der Waals surface area contributed by atoms with E-state index in [1.165, 1.54) is 11.1 Å². The van der Waals surface area contributed by atoms with Crippen molar-refractivity contribution >= 4 is 11.6 Å². The molecule has 0 aliphatic heterocycles. The molecule has 0 heterocycles. The van der Waals surface area contributed by atoms with Gasteiger partial charge in [0.25, 0.3) is 0 Å². The molecule has 1 N–H and O–H groups in total. The summed E-state index contributed by atoms with van der Waals surface area (Å²) in [5.41, 5.74) is 2.47. The van der Waals surface area contributed by atoms with Crippen LogP contribution in [0.25, 0.3) is 0 Å². The second-order valence-corrected chi connectivity index (χ2v) is 5.64. The Balaban J connectivity index is 1.85. The van der Waals surface area contributed by atoms with E-state index in [0.29, 0.717) is 13.2 Å². The molecule has 0 amide bonds. The second-order valence-electron chi connectivity index (χ2n) is 5.20. The summed E-state index contributed by atoms with van der Waals surface area (Å²) in [7, 11) is 0. The summed E-state index contributed by atoms with van der Waals surface area (Å²) in [5, 5.41) is 4.22. The third-order valence-electron chi connectivity index (χ3n) is 3.44. The molecular weight excluding hydrogens is 310 g/mol. The zero-order valence-corrected chi connectivity index (χ0v) is 14.5. The van der Waals surface area contributed by atoms with E-state index in [4.69, 9.17) is 21.1 Å². The highest BCUT2D eigenvalue weighted by atomic mass is 35.5. The van der Waals surface area contributed by atoms with Gasteiger partial charge in [-0.3, -0.25) is 0 Å². The first-order chi connectivity index (χ1) is 11.2. The number of halogens is 1. The summed E-state index contributed by atoms with van der Waals surface area (Å²) in [5.74, 6) is 1.64. The van der Waals surface area contributed by atoms with Gasteiger partial charge in [-0.05, 0) is 62.2 Å². The first-order valence-corrected chi connectivity index (χ1v) is 8.44. The molecule has 23 heavy (non-hydrogen) atoms. The number of rotatable bonds is 9. The predicted molar refractivity (Wildman–Crippen MR) is 95.6 cm³/mol. The van der Waals surface area contributed by atoms with Crippen molar-refractivity contribution in [3.8, 4) is 11.5 Å². The Bertz CT molecular complexity index is 599. The van der Waals surface area contributed by atoms with Crippen LogP contribution in [0, 0.1) is 0 Å². The first-order valence-electron chi connectivity index (χ1n) is 8.06. The Morgan fingerprint density at radius 3 is 2.22 bits per heavy atom. The molecule has 0 aliphatic carbocycles. The first kappa shape index (κ1) is 17.6. The Morgan fingerprint density at radius 1 is 0.870 bits per heavy atom. The van der Waals surface area contributed by atoms with E-state index in [1.807, 2.05) is 44.2 Å². The van der Waals surface area contributed by atoms with Gasteiger partial charge >= 0.3 is 0 Å². The average Bonchev–Trinajstić information content (AvgIpc) is 2.56. The lowest BCUT2D eigenvalue weighted by atomic mass is 10.1. The number of nitrogens with one attached hydrogen (secondary N) is 1. The second kappa shape index (κ2) is 9.43. The van der Waals surface area contributed by atoms with Gasteiger partial charge in [-0.15, -0.1) is 0 Å². The molecule has 2 rings (SSSR count). The van der Waals surface area contributed by atoms with Crippen molar-refractivity contribution in [3.05, 3.63) is 58.6 Å². The van der Waals surface area contributed by atoms with E-state index >= 15 is 0 Å². The molecule has 0 aliphatic rings. The van der Waals surface area contributed by atoms with Gasteiger partial charge < -0.3 is 14.8 Å². The van der Waals surface area contributed by atoms with E-state index in [0.717, 1.165) is 36.0 Å². The highest BCUT2D eigenvalue weighted by Gasteiger charge is 2.06. The van der Waals surface area contributed by atoms with Gasteiger partial charge in [0.1, 0.15) is 0 Å². The maximum atomic E-state index is 5.89. The van der Waals surface area contributed by atoms with E-state index in [2.05, 4.69) is 17.4 Å². The number of benzene rings is 2. The van der Waals surface area contributed by atoms with Gasteiger partial charge in [-0.25, -0.2) is 0 Å². The van der Waals surface area contributed by atoms with Crippen LogP contribution in [0.3, 0.4) is 0 Å². The molecule has 0 spiro atoms. The van der Waals surface area contributed by atoms with Gasteiger partial charge in [0, 0.05) is 11.6 Å². The summed E-state index contributed by atoms with van der Waals surface area (Å²) >= 11 is 5.89. The molecule has 4 heteroatoms. The van der Waals surface area contributed by atoms with Gasteiger partial charge in [0.2, 0.25) is 0 Å². The van der Waals surface area contributed by atoms with Crippen molar-refractivity contribution in [1.82, 2.24) is 5.32 Å². The molecular formula is C19H24ClNO2. The van der Waals surface area contributed by atoms with Crippen LogP contribution in [-0.4, -0.2) is 19.8 Å². The van der Waals surface area contributed by atoms with Gasteiger partial charge in [-0.2, -0.15) is 0 Å². The average molecular weight is 334 g/mol. The molecule has 2 aromatic rings. The zero-order valence-electron chi connectivity index (χ0n) is 13.8. The minimum Gasteiger partial charge on any atom is -0.490 e. The van der Waals surface area contributed by atoms with Gasteiger partial charge in [0.05, 0.1) is 13.2 Å². The maximum Gasteiger partial charge on any atom is 0.161 e. The highest BCUT2D eigenvalue weighted by Crippen LogP contribution is 2.28. The Kier molecular flexibility index (Phi) is 7.24. The SMILES string of the molecule is CCOc1ccc(CCNCc2ccc(Cl)cc2)cc1OCC. The molecule has 0 unspecified atom stereocenters. The largest absolute Gasteiger partial charge is 0.490 e. The third kappa shape index (κ3) is 5.77. The van der Waals surface area contributed by atoms with Crippen LogP contribution in [0.2, 0.25) is 5.02 Å². The fraction of sp³-hybridized carbons (Fsp3) is 0.368. The van der Waals surface area contributed by atoms with Crippen LogP contribution < -0.4 is 14.8 Å². The Labute approximate surface area is 143 Å². The monoisotopic (exact) mass is 333 g/mol. The lowest BCUT2D eigenvalue weighted by Gasteiger charge is -2.12. The normalized spacial score (nSPS) is 10.6. The van der Waals surface area contributed by atoms with E-state index < -0.39 is 0 Å². The number of ether oxygens (including phenoxy) is 2.